The second-order valence-corrected chi connectivity index (χ2v) is 25.0. The maximum atomic E-state index is 12.9. The van der Waals surface area contributed by atoms with Crippen molar-refractivity contribution in [1.29, 1.82) is 0 Å². The van der Waals surface area contributed by atoms with Gasteiger partial charge in [-0.05, 0) is 25.7 Å². The third-order valence-corrected chi connectivity index (χ3v) is 16.0. The Hall–Kier alpha value is -1.94. The van der Waals surface area contributed by atoms with Gasteiger partial charge in [-0.3, -0.25) is 37.3 Å². The molecule has 0 aromatic rings. The van der Waals surface area contributed by atoms with Gasteiger partial charge < -0.3 is 33.8 Å². The summed E-state index contributed by atoms with van der Waals surface area (Å²) in [5.41, 5.74) is 0. The van der Waals surface area contributed by atoms with Crippen molar-refractivity contribution in [3.8, 4) is 0 Å². The molecule has 0 bridgehead atoms. The first-order valence-electron chi connectivity index (χ1n) is 32.3. The number of unbranched alkanes of at least 4 members (excludes halogenated alkanes) is 36. The summed E-state index contributed by atoms with van der Waals surface area (Å²) in [6, 6.07) is 0. The van der Waals surface area contributed by atoms with Crippen LogP contribution in [-0.2, 0) is 65.4 Å². The molecule has 0 aromatic heterocycles. The summed E-state index contributed by atoms with van der Waals surface area (Å²) in [6.07, 6.45) is 40.2. The zero-order valence-corrected chi connectivity index (χ0v) is 52.8. The molecular formula is C61H118O17P2. The van der Waals surface area contributed by atoms with Gasteiger partial charge in [0.05, 0.1) is 26.4 Å². The molecule has 0 spiro atoms. The Bertz CT molecular complexity index is 1550. The van der Waals surface area contributed by atoms with Crippen molar-refractivity contribution < 1.29 is 80.2 Å². The van der Waals surface area contributed by atoms with Crippen LogP contribution in [0, 0.1) is 0 Å². The van der Waals surface area contributed by atoms with Gasteiger partial charge in [0.2, 0.25) is 0 Å². The van der Waals surface area contributed by atoms with E-state index in [2.05, 4.69) is 27.7 Å². The molecule has 0 aliphatic carbocycles. The van der Waals surface area contributed by atoms with Crippen molar-refractivity contribution in [3.63, 3.8) is 0 Å². The van der Waals surface area contributed by atoms with Crippen LogP contribution in [0.3, 0.4) is 0 Å². The fraction of sp³-hybridized carbons (Fsp3) is 0.934. The standard InChI is InChI=1S/C61H118O17P2/c1-5-9-13-17-21-25-28-29-32-36-40-44-48-61(66)78-57(52-72-59(64)46-42-38-34-30-26-22-18-14-10-6-2)54-76-80(69,70)74-50-55(62)49-73-79(67,68)75-53-56(51-71-58(63)45-41-37-33-24-20-16-12-8-4)77-60(65)47-43-39-35-31-27-23-19-15-11-7-3/h55-57,62H,5-54H2,1-4H3,(H,67,68)(H,69,70)/t55-,56+,57+/m0/s1. The zero-order chi connectivity index (χ0) is 59.1. The summed E-state index contributed by atoms with van der Waals surface area (Å²) in [7, 11) is -9.87. The lowest BCUT2D eigenvalue weighted by Gasteiger charge is -2.21. The topological polar surface area (TPSA) is 237 Å². The van der Waals surface area contributed by atoms with Crippen LogP contribution in [0.25, 0.3) is 0 Å². The van der Waals surface area contributed by atoms with Crippen LogP contribution < -0.4 is 0 Å². The molecule has 474 valence electrons. The molecule has 0 amide bonds. The van der Waals surface area contributed by atoms with Crippen LogP contribution in [0.5, 0.6) is 0 Å². The van der Waals surface area contributed by atoms with E-state index < -0.39 is 97.5 Å². The van der Waals surface area contributed by atoms with Crippen LogP contribution in [0.15, 0.2) is 0 Å². The largest absolute Gasteiger partial charge is 0.472 e. The van der Waals surface area contributed by atoms with Crippen molar-refractivity contribution in [2.24, 2.45) is 0 Å². The van der Waals surface area contributed by atoms with Crippen molar-refractivity contribution in [2.45, 2.75) is 329 Å². The van der Waals surface area contributed by atoms with Crippen LogP contribution in [0.4, 0.5) is 0 Å². The van der Waals surface area contributed by atoms with Crippen molar-refractivity contribution in [1.82, 2.24) is 0 Å². The molecule has 0 aliphatic rings. The number of aliphatic hydroxyl groups excluding tert-OH is 1. The minimum absolute atomic E-state index is 0.106. The summed E-state index contributed by atoms with van der Waals surface area (Å²) >= 11 is 0. The molecule has 0 fully saturated rings. The molecule has 17 nitrogen and oxygen atoms in total. The van der Waals surface area contributed by atoms with Gasteiger partial charge in [-0.2, -0.15) is 0 Å². The van der Waals surface area contributed by atoms with E-state index in [1.54, 1.807) is 0 Å². The number of carbonyl (C=O) groups excluding carboxylic acids is 4. The highest BCUT2D eigenvalue weighted by atomic mass is 31.2. The van der Waals surface area contributed by atoms with E-state index >= 15 is 0 Å². The number of phosphoric ester groups is 2. The number of phosphoric acid groups is 2. The summed E-state index contributed by atoms with van der Waals surface area (Å²) in [5.74, 6) is -2.14. The molecule has 2 unspecified atom stereocenters. The van der Waals surface area contributed by atoms with Crippen LogP contribution >= 0.6 is 15.6 Å². The number of hydrogen-bond acceptors (Lipinski definition) is 15. The Morgan fingerprint density at radius 2 is 0.500 bits per heavy atom. The Morgan fingerprint density at radius 3 is 0.738 bits per heavy atom. The smallest absolute Gasteiger partial charge is 0.462 e. The van der Waals surface area contributed by atoms with Crippen LogP contribution in [0.1, 0.15) is 310 Å². The molecule has 0 saturated heterocycles. The molecule has 3 N–H and O–H groups in total. The van der Waals surface area contributed by atoms with Gasteiger partial charge in [0, 0.05) is 25.7 Å². The van der Waals surface area contributed by atoms with Crippen molar-refractivity contribution in [3.05, 3.63) is 0 Å². The lowest BCUT2D eigenvalue weighted by Crippen LogP contribution is -2.30. The molecule has 80 heavy (non-hydrogen) atoms. The van der Waals surface area contributed by atoms with E-state index in [4.69, 9.17) is 37.0 Å². The Balaban J connectivity index is 5.22. The number of aliphatic hydroxyl groups is 1. The average Bonchev–Trinajstić information content (AvgIpc) is 3.43. The lowest BCUT2D eigenvalue weighted by atomic mass is 10.0. The van der Waals surface area contributed by atoms with E-state index in [9.17, 15) is 43.2 Å². The van der Waals surface area contributed by atoms with Gasteiger partial charge >= 0.3 is 39.5 Å². The third kappa shape index (κ3) is 55.3. The van der Waals surface area contributed by atoms with E-state index in [1.165, 1.54) is 135 Å². The van der Waals surface area contributed by atoms with Gasteiger partial charge in [0.1, 0.15) is 19.3 Å². The van der Waals surface area contributed by atoms with Gasteiger partial charge in [-0.25, -0.2) is 9.13 Å². The molecule has 0 aliphatic heterocycles. The maximum absolute atomic E-state index is 12.9. The monoisotopic (exact) mass is 1180 g/mol. The van der Waals surface area contributed by atoms with E-state index in [1.807, 2.05) is 0 Å². The first kappa shape index (κ1) is 78.1. The molecule has 0 rings (SSSR count). The first-order valence-corrected chi connectivity index (χ1v) is 35.3. The normalized spacial score (nSPS) is 14.2. The van der Waals surface area contributed by atoms with Crippen molar-refractivity contribution in [2.75, 3.05) is 39.6 Å². The number of ether oxygens (including phenoxy) is 4. The minimum Gasteiger partial charge on any atom is -0.462 e. The van der Waals surface area contributed by atoms with E-state index in [0.29, 0.717) is 25.7 Å². The van der Waals surface area contributed by atoms with Crippen LogP contribution in [-0.4, -0.2) is 96.7 Å². The highest BCUT2D eigenvalue weighted by Gasteiger charge is 2.30. The number of carbonyl (C=O) groups is 4. The Labute approximate surface area is 486 Å². The van der Waals surface area contributed by atoms with Gasteiger partial charge in [-0.15, -0.1) is 0 Å². The second-order valence-electron chi connectivity index (χ2n) is 22.1. The maximum Gasteiger partial charge on any atom is 0.472 e. The molecule has 0 saturated carbocycles. The lowest BCUT2D eigenvalue weighted by molar-refractivity contribution is -0.161. The van der Waals surface area contributed by atoms with E-state index in [-0.39, 0.29) is 25.7 Å². The number of hydrogen-bond donors (Lipinski definition) is 3. The summed E-state index contributed by atoms with van der Waals surface area (Å²) < 4.78 is 67.8. The summed E-state index contributed by atoms with van der Waals surface area (Å²) in [4.78, 5) is 72.0. The number of rotatable bonds is 62. The summed E-state index contributed by atoms with van der Waals surface area (Å²) in [5, 5.41) is 10.5. The minimum atomic E-state index is -4.94. The highest BCUT2D eigenvalue weighted by Crippen LogP contribution is 2.45. The van der Waals surface area contributed by atoms with Crippen LogP contribution in [0.2, 0.25) is 0 Å². The fourth-order valence-electron chi connectivity index (χ4n) is 9.10. The van der Waals surface area contributed by atoms with Gasteiger partial charge in [0.25, 0.3) is 0 Å². The predicted molar refractivity (Wildman–Crippen MR) is 317 cm³/mol. The summed E-state index contributed by atoms with van der Waals surface area (Å²) in [6.45, 7) is 4.83. The third-order valence-electron chi connectivity index (χ3n) is 14.1. The van der Waals surface area contributed by atoms with Gasteiger partial charge in [0.15, 0.2) is 12.2 Å². The second kappa shape index (κ2) is 56.2. The molecule has 0 aromatic carbocycles. The molecule has 5 atom stereocenters. The first-order chi connectivity index (χ1) is 38.7. The molecule has 19 heteroatoms. The SMILES string of the molecule is CCCCCCCCCCCCCCC(=O)O[C@H](COC(=O)CCCCCCCCCCCC)COP(=O)(O)OC[C@@H](O)COP(=O)(O)OC[C@@H](COC(=O)CCCCCCCCCC)OC(=O)CCCCCCCCCCCC. The average molecular weight is 1190 g/mol. The quantitative estimate of drug-likeness (QED) is 0.0222. The Morgan fingerprint density at radius 1 is 0.300 bits per heavy atom. The zero-order valence-electron chi connectivity index (χ0n) is 51.0. The molecular weight excluding hydrogens is 1070 g/mol. The Kier molecular flexibility index (Phi) is 54.8. The predicted octanol–water partition coefficient (Wildman–Crippen LogP) is 16.8. The molecule has 0 radical (unpaired) electrons. The fourth-order valence-corrected chi connectivity index (χ4v) is 10.7. The van der Waals surface area contributed by atoms with Gasteiger partial charge in [-0.1, -0.05) is 259 Å². The molecule has 0 heterocycles. The number of esters is 4. The van der Waals surface area contributed by atoms with E-state index in [0.717, 1.165) is 96.3 Å². The van der Waals surface area contributed by atoms with Crippen molar-refractivity contribution >= 4 is 39.5 Å². The highest BCUT2D eigenvalue weighted by molar-refractivity contribution is 7.47.